The van der Waals surface area contributed by atoms with Crippen LogP contribution >= 0.6 is 0 Å². The Morgan fingerprint density at radius 3 is 2.40 bits per heavy atom. The van der Waals surface area contributed by atoms with Crippen LogP contribution in [0.5, 0.6) is 0 Å². The van der Waals surface area contributed by atoms with E-state index in [0.717, 1.165) is 6.42 Å². The van der Waals surface area contributed by atoms with Crippen molar-refractivity contribution < 1.29 is 19.5 Å². The van der Waals surface area contributed by atoms with E-state index >= 15 is 0 Å². The molecule has 0 aromatic heterocycles. The van der Waals surface area contributed by atoms with Crippen LogP contribution in [-0.2, 0) is 14.4 Å². The summed E-state index contributed by atoms with van der Waals surface area (Å²) in [7, 11) is 1.66. The molecule has 1 saturated carbocycles. The summed E-state index contributed by atoms with van der Waals surface area (Å²) in [6.45, 7) is 2.34. The summed E-state index contributed by atoms with van der Waals surface area (Å²) in [6, 6.07) is 0. The highest BCUT2D eigenvalue weighted by atomic mass is 16.4. The first kappa shape index (κ1) is 14.6. The third-order valence-corrected chi connectivity index (χ3v) is 4.36. The summed E-state index contributed by atoms with van der Waals surface area (Å²) < 4.78 is 0. The minimum Gasteiger partial charge on any atom is -0.481 e. The van der Waals surface area contributed by atoms with Gasteiger partial charge in [-0.25, -0.2) is 0 Å². The SMILES string of the molecule is CCN(C)C(=O)CNC(=O)C1C2C=CC(C2)C1C(=O)O. The Hall–Kier alpha value is -1.85. The number of carbonyl (C=O) groups is 3. The molecule has 2 bridgehead atoms. The van der Waals surface area contributed by atoms with E-state index in [1.807, 2.05) is 19.1 Å². The molecule has 6 nitrogen and oxygen atoms in total. The molecule has 0 aliphatic heterocycles. The summed E-state index contributed by atoms with van der Waals surface area (Å²) in [5, 5.41) is 11.9. The number of hydrogen-bond donors (Lipinski definition) is 2. The van der Waals surface area contributed by atoms with Gasteiger partial charge in [-0.3, -0.25) is 14.4 Å². The van der Waals surface area contributed by atoms with Crippen LogP contribution in [-0.4, -0.2) is 47.9 Å². The standard InChI is InChI=1S/C14H20N2O4/c1-3-16(2)10(17)7-15-13(18)11-8-4-5-9(6-8)12(11)14(19)20/h4-5,8-9,11-12H,3,6-7H2,1-2H3,(H,15,18)(H,19,20). The summed E-state index contributed by atoms with van der Waals surface area (Å²) in [5.74, 6) is -2.72. The van der Waals surface area contributed by atoms with Crippen LogP contribution in [0.15, 0.2) is 12.2 Å². The number of rotatable bonds is 5. The number of hydrogen-bond acceptors (Lipinski definition) is 3. The summed E-state index contributed by atoms with van der Waals surface area (Å²) in [6.07, 6.45) is 4.54. The fourth-order valence-electron chi connectivity index (χ4n) is 3.11. The highest BCUT2D eigenvalue weighted by Crippen LogP contribution is 2.48. The fraction of sp³-hybridized carbons (Fsp3) is 0.643. The minimum atomic E-state index is -0.931. The fourth-order valence-corrected chi connectivity index (χ4v) is 3.11. The Bertz CT molecular complexity index is 460. The number of amides is 2. The molecule has 4 unspecified atom stereocenters. The maximum Gasteiger partial charge on any atom is 0.307 e. The second-order valence-electron chi connectivity index (χ2n) is 5.46. The Morgan fingerprint density at radius 1 is 1.25 bits per heavy atom. The molecule has 4 atom stereocenters. The third kappa shape index (κ3) is 2.55. The van der Waals surface area contributed by atoms with Crippen molar-refractivity contribution in [2.75, 3.05) is 20.1 Å². The van der Waals surface area contributed by atoms with Gasteiger partial charge in [-0.2, -0.15) is 0 Å². The van der Waals surface area contributed by atoms with Crippen molar-refractivity contribution in [3.63, 3.8) is 0 Å². The van der Waals surface area contributed by atoms with Crippen molar-refractivity contribution in [2.24, 2.45) is 23.7 Å². The Morgan fingerprint density at radius 2 is 1.85 bits per heavy atom. The van der Waals surface area contributed by atoms with Gasteiger partial charge in [-0.05, 0) is 25.2 Å². The number of likely N-dealkylation sites (N-methyl/N-ethyl adjacent to an activating group) is 1. The number of nitrogens with one attached hydrogen (secondary N) is 1. The van der Waals surface area contributed by atoms with E-state index in [0.29, 0.717) is 6.54 Å². The van der Waals surface area contributed by atoms with Crippen LogP contribution in [0.3, 0.4) is 0 Å². The first-order chi connectivity index (χ1) is 9.45. The van der Waals surface area contributed by atoms with Gasteiger partial charge in [0.25, 0.3) is 0 Å². The largest absolute Gasteiger partial charge is 0.481 e. The molecule has 20 heavy (non-hydrogen) atoms. The van der Waals surface area contributed by atoms with Crippen LogP contribution < -0.4 is 5.32 Å². The lowest BCUT2D eigenvalue weighted by atomic mass is 9.82. The molecule has 2 aliphatic rings. The molecule has 2 aliphatic carbocycles. The maximum absolute atomic E-state index is 12.2. The van der Waals surface area contributed by atoms with Gasteiger partial charge in [0, 0.05) is 13.6 Å². The summed E-state index contributed by atoms with van der Waals surface area (Å²) in [4.78, 5) is 36.7. The minimum absolute atomic E-state index is 0.0138. The van der Waals surface area contributed by atoms with Gasteiger partial charge in [0.05, 0.1) is 18.4 Å². The van der Waals surface area contributed by atoms with Crippen molar-refractivity contribution in [2.45, 2.75) is 13.3 Å². The number of carboxylic acids is 1. The topological polar surface area (TPSA) is 86.7 Å². The molecule has 0 aromatic rings. The van der Waals surface area contributed by atoms with Crippen LogP contribution in [0.1, 0.15) is 13.3 Å². The van der Waals surface area contributed by atoms with E-state index < -0.39 is 17.8 Å². The Balaban J connectivity index is 1.97. The second-order valence-corrected chi connectivity index (χ2v) is 5.46. The first-order valence-corrected chi connectivity index (χ1v) is 6.88. The summed E-state index contributed by atoms with van der Waals surface area (Å²) >= 11 is 0. The highest BCUT2D eigenvalue weighted by molar-refractivity contribution is 5.89. The molecular formula is C14H20N2O4. The van der Waals surface area contributed by atoms with Crippen molar-refractivity contribution in [1.82, 2.24) is 10.2 Å². The van der Waals surface area contributed by atoms with Gasteiger partial charge in [0.1, 0.15) is 0 Å². The number of fused-ring (bicyclic) bond motifs is 2. The number of nitrogens with zero attached hydrogens (tertiary/aromatic N) is 1. The maximum atomic E-state index is 12.2. The zero-order valence-corrected chi connectivity index (χ0v) is 11.7. The normalized spacial score (nSPS) is 30.3. The molecule has 1 fully saturated rings. The van der Waals surface area contributed by atoms with E-state index in [2.05, 4.69) is 5.32 Å². The van der Waals surface area contributed by atoms with E-state index in [9.17, 15) is 19.5 Å². The quantitative estimate of drug-likeness (QED) is 0.699. The molecule has 110 valence electrons. The first-order valence-electron chi connectivity index (χ1n) is 6.88. The van der Waals surface area contributed by atoms with Gasteiger partial charge < -0.3 is 15.3 Å². The van der Waals surface area contributed by atoms with Crippen LogP contribution in [0, 0.1) is 23.7 Å². The molecule has 0 radical (unpaired) electrons. The monoisotopic (exact) mass is 280 g/mol. The average molecular weight is 280 g/mol. The molecule has 0 spiro atoms. The highest BCUT2D eigenvalue weighted by Gasteiger charge is 2.51. The Labute approximate surface area is 117 Å². The number of aliphatic carboxylic acids is 1. The Kier molecular flexibility index (Phi) is 4.11. The van der Waals surface area contributed by atoms with Crippen molar-refractivity contribution in [3.05, 3.63) is 12.2 Å². The van der Waals surface area contributed by atoms with Crippen molar-refractivity contribution >= 4 is 17.8 Å². The number of carboxylic acid groups (broad SMARTS) is 1. The van der Waals surface area contributed by atoms with Gasteiger partial charge in [-0.15, -0.1) is 0 Å². The van der Waals surface area contributed by atoms with E-state index in [1.54, 1.807) is 7.05 Å². The lowest BCUT2D eigenvalue weighted by Gasteiger charge is -2.24. The van der Waals surface area contributed by atoms with Crippen LogP contribution in [0.25, 0.3) is 0 Å². The zero-order chi connectivity index (χ0) is 14.9. The van der Waals surface area contributed by atoms with Crippen molar-refractivity contribution in [1.29, 1.82) is 0 Å². The van der Waals surface area contributed by atoms with Gasteiger partial charge in [0.2, 0.25) is 11.8 Å². The molecule has 6 heteroatoms. The molecule has 0 heterocycles. The van der Waals surface area contributed by atoms with E-state index in [1.165, 1.54) is 4.90 Å². The molecule has 2 N–H and O–H groups in total. The molecule has 2 rings (SSSR count). The van der Waals surface area contributed by atoms with E-state index in [-0.39, 0.29) is 30.2 Å². The number of allylic oxidation sites excluding steroid dienone is 2. The number of carbonyl (C=O) groups excluding carboxylic acids is 2. The average Bonchev–Trinajstić information content (AvgIpc) is 3.03. The molecule has 2 amide bonds. The van der Waals surface area contributed by atoms with Gasteiger partial charge in [-0.1, -0.05) is 12.2 Å². The summed E-state index contributed by atoms with van der Waals surface area (Å²) in [5.41, 5.74) is 0. The predicted octanol–water partition coefficient (Wildman–Crippen LogP) is 0.104. The van der Waals surface area contributed by atoms with Crippen LogP contribution in [0.4, 0.5) is 0 Å². The lowest BCUT2D eigenvalue weighted by Crippen LogP contribution is -2.44. The lowest BCUT2D eigenvalue weighted by molar-refractivity contribution is -0.148. The zero-order valence-electron chi connectivity index (χ0n) is 11.7. The molecular weight excluding hydrogens is 260 g/mol. The third-order valence-electron chi connectivity index (χ3n) is 4.36. The molecule has 0 saturated heterocycles. The second kappa shape index (κ2) is 5.64. The van der Waals surface area contributed by atoms with Gasteiger partial charge in [0.15, 0.2) is 0 Å². The molecule has 0 aromatic carbocycles. The van der Waals surface area contributed by atoms with Crippen LogP contribution in [0.2, 0.25) is 0 Å². The van der Waals surface area contributed by atoms with Crippen molar-refractivity contribution in [3.8, 4) is 0 Å². The predicted molar refractivity (Wildman–Crippen MR) is 71.7 cm³/mol. The smallest absolute Gasteiger partial charge is 0.307 e. The van der Waals surface area contributed by atoms with Gasteiger partial charge >= 0.3 is 5.97 Å². The van der Waals surface area contributed by atoms with E-state index in [4.69, 9.17) is 0 Å².